The lowest BCUT2D eigenvalue weighted by Gasteiger charge is -2.14. The van der Waals surface area contributed by atoms with Gasteiger partial charge < -0.3 is 4.57 Å². The second kappa shape index (κ2) is 13.8. The average molecular weight is 851 g/mol. The SMILES string of the molecule is c1ccc(-c2ccc3sc4ccc(-c5cccc(-n6c7ccccc7c7ccc8c9ccccc9n(-c9ccnc(-c%10cccc%11c%10sc%10ccccc%10%11)n9)c8c76)c5)cc4c3c2)cc1. The molecule has 14 rings (SSSR count). The first-order chi connectivity index (χ1) is 31.7. The minimum Gasteiger partial charge on any atom is -0.307 e. The van der Waals surface area contributed by atoms with E-state index in [0.29, 0.717) is 5.82 Å². The maximum absolute atomic E-state index is 5.44. The van der Waals surface area contributed by atoms with E-state index in [0.717, 1.165) is 39.1 Å². The van der Waals surface area contributed by atoms with Gasteiger partial charge in [0.1, 0.15) is 5.82 Å². The van der Waals surface area contributed by atoms with E-state index in [2.05, 4.69) is 209 Å². The van der Waals surface area contributed by atoms with Crippen LogP contribution in [0.4, 0.5) is 0 Å². The Morgan fingerprint density at radius 1 is 0.359 bits per heavy atom. The van der Waals surface area contributed by atoms with Gasteiger partial charge in [-0.1, -0.05) is 133 Å². The summed E-state index contributed by atoms with van der Waals surface area (Å²) in [6.07, 6.45) is 1.92. The van der Waals surface area contributed by atoms with Crippen LogP contribution in [0.3, 0.4) is 0 Å². The molecule has 0 spiro atoms. The molecule has 9 aromatic carbocycles. The molecule has 5 heterocycles. The van der Waals surface area contributed by atoms with Gasteiger partial charge in [0, 0.05) is 79.3 Å². The van der Waals surface area contributed by atoms with Crippen LogP contribution in [0.2, 0.25) is 0 Å². The molecule has 0 fully saturated rings. The third-order valence-electron chi connectivity index (χ3n) is 13.0. The highest BCUT2D eigenvalue weighted by Crippen LogP contribution is 2.44. The minimum atomic E-state index is 0.715. The third-order valence-corrected chi connectivity index (χ3v) is 15.4. The molecule has 0 radical (unpaired) electrons. The summed E-state index contributed by atoms with van der Waals surface area (Å²) >= 11 is 3.67. The van der Waals surface area contributed by atoms with Crippen molar-refractivity contribution in [2.75, 3.05) is 0 Å². The lowest BCUT2D eigenvalue weighted by molar-refractivity contribution is 1.04. The van der Waals surface area contributed by atoms with Crippen LogP contribution in [-0.2, 0) is 0 Å². The Morgan fingerprint density at radius 3 is 1.70 bits per heavy atom. The van der Waals surface area contributed by atoms with Crippen molar-refractivity contribution in [3.8, 4) is 45.1 Å². The number of thiophene rings is 2. The van der Waals surface area contributed by atoms with Crippen molar-refractivity contribution in [3.05, 3.63) is 206 Å². The highest BCUT2D eigenvalue weighted by Gasteiger charge is 2.23. The van der Waals surface area contributed by atoms with Crippen molar-refractivity contribution in [1.29, 1.82) is 0 Å². The highest BCUT2D eigenvalue weighted by atomic mass is 32.1. The first kappa shape index (κ1) is 35.7. The Balaban J connectivity index is 0.988. The Morgan fingerprint density at radius 2 is 0.938 bits per heavy atom. The smallest absolute Gasteiger partial charge is 0.162 e. The van der Waals surface area contributed by atoms with Crippen molar-refractivity contribution in [2.24, 2.45) is 0 Å². The van der Waals surface area contributed by atoms with E-state index < -0.39 is 0 Å². The van der Waals surface area contributed by atoms with Crippen LogP contribution in [0.5, 0.6) is 0 Å². The fourth-order valence-corrected chi connectivity index (χ4v) is 12.4. The summed E-state index contributed by atoms with van der Waals surface area (Å²) < 4.78 is 9.90. The normalized spacial score (nSPS) is 12.1. The minimum absolute atomic E-state index is 0.715. The Bertz CT molecular complexity index is 4210. The number of benzene rings is 9. The second-order valence-electron chi connectivity index (χ2n) is 16.5. The molecule has 64 heavy (non-hydrogen) atoms. The van der Waals surface area contributed by atoms with Gasteiger partial charge in [-0.3, -0.25) is 4.57 Å². The van der Waals surface area contributed by atoms with Crippen LogP contribution in [0.15, 0.2) is 206 Å². The number of fused-ring (bicyclic) bond motifs is 13. The molecule has 0 aliphatic rings. The topological polar surface area (TPSA) is 35.6 Å². The van der Waals surface area contributed by atoms with Crippen molar-refractivity contribution in [1.82, 2.24) is 19.1 Å². The average Bonchev–Trinajstić information content (AvgIpc) is 4.12. The summed E-state index contributed by atoms with van der Waals surface area (Å²) in [5.41, 5.74) is 11.5. The molecule has 6 heteroatoms. The maximum Gasteiger partial charge on any atom is 0.162 e. The van der Waals surface area contributed by atoms with Gasteiger partial charge in [0.2, 0.25) is 0 Å². The molecule has 0 unspecified atom stereocenters. The number of hydrogen-bond acceptors (Lipinski definition) is 4. The first-order valence-corrected chi connectivity index (χ1v) is 23.2. The Kier molecular flexibility index (Phi) is 7.69. The van der Waals surface area contributed by atoms with Crippen LogP contribution in [0.1, 0.15) is 0 Å². The summed E-state index contributed by atoms with van der Waals surface area (Å²) in [5.74, 6) is 1.55. The van der Waals surface area contributed by atoms with Crippen LogP contribution < -0.4 is 0 Å². The van der Waals surface area contributed by atoms with Gasteiger partial charge in [0.05, 0.1) is 22.1 Å². The van der Waals surface area contributed by atoms with Gasteiger partial charge in [0.25, 0.3) is 0 Å². The fraction of sp³-hybridized carbons (Fsp3) is 0. The summed E-state index contributed by atoms with van der Waals surface area (Å²) in [5, 5.41) is 9.85. The van der Waals surface area contributed by atoms with Crippen molar-refractivity contribution in [3.63, 3.8) is 0 Å². The van der Waals surface area contributed by atoms with Crippen molar-refractivity contribution in [2.45, 2.75) is 0 Å². The molecule has 14 aromatic rings. The molecule has 298 valence electrons. The van der Waals surface area contributed by atoms with Gasteiger partial charge in [-0.15, -0.1) is 22.7 Å². The molecule has 0 N–H and O–H groups in total. The summed E-state index contributed by atoms with van der Waals surface area (Å²) in [6.45, 7) is 0. The van der Waals surface area contributed by atoms with Gasteiger partial charge in [-0.25, -0.2) is 9.97 Å². The van der Waals surface area contributed by atoms with E-state index in [4.69, 9.17) is 9.97 Å². The van der Waals surface area contributed by atoms with Crippen LogP contribution >= 0.6 is 22.7 Å². The number of rotatable bonds is 5. The quantitative estimate of drug-likeness (QED) is 0.173. The van der Waals surface area contributed by atoms with E-state index in [1.165, 1.54) is 84.1 Å². The predicted molar refractivity (Wildman–Crippen MR) is 273 cm³/mol. The van der Waals surface area contributed by atoms with Crippen molar-refractivity contribution >= 4 is 107 Å². The summed E-state index contributed by atoms with van der Waals surface area (Å²) in [4.78, 5) is 10.4. The van der Waals surface area contributed by atoms with Crippen LogP contribution in [0.25, 0.3) is 129 Å². The molecule has 0 saturated carbocycles. The first-order valence-electron chi connectivity index (χ1n) is 21.6. The lowest BCUT2D eigenvalue weighted by Crippen LogP contribution is -2.02. The molecule has 4 nitrogen and oxygen atoms in total. The van der Waals surface area contributed by atoms with Gasteiger partial charge >= 0.3 is 0 Å². The summed E-state index contributed by atoms with van der Waals surface area (Å²) in [7, 11) is 0. The van der Waals surface area contributed by atoms with Crippen LogP contribution in [-0.4, -0.2) is 19.1 Å². The molecule has 0 aliphatic carbocycles. The molecular formula is C58H34N4S2. The van der Waals surface area contributed by atoms with Gasteiger partial charge in [-0.2, -0.15) is 0 Å². The van der Waals surface area contributed by atoms with Crippen molar-refractivity contribution < 1.29 is 0 Å². The molecule has 0 aliphatic heterocycles. The molecule has 0 bridgehead atoms. The Labute approximate surface area is 375 Å². The zero-order chi connectivity index (χ0) is 41.9. The number of hydrogen-bond donors (Lipinski definition) is 0. The number of para-hydroxylation sites is 2. The van der Waals surface area contributed by atoms with E-state index in [9.17, 15) is 0 Å². The second-order valence-corrected chi connectivity index (χ2v) is 18.7. The predicted octanol–water partition coefficient (Wildman–Crippen LogP) is 16.4. The zero-order valence-electron chi connectivity index (χ0n) is 34.2. The van der Waals surface area contributed by atoms with Gasteiger partial charge in [-0.05, 0) is 89.0 Å². The largest absolute Gasteiger partial charge is 0.307 e. The molecule has 0 amide bonds. The van der Waals surface area contributed by atoms with E-state index >= 15 is 0 Å². The number of nitrogens with zero attached hydrogens (tertiary/aromatic N) is 4. The molecular weight excluding hydrogens is 817 g/mol. The zero-order valence-corrected chi connectivity index (χ0v) is 35.9. The lowest BCUT2D eigenvalue weighted by atomic mass is 10.00. The molecule has 5 aromatic heterocycles. The monoisotopic (exact) mass is 850 g/mol. The highest BCUT2D eigenvalue weighted by molar-refractivity contribution is 7.26. The van der Waals surface area contributed by atoms with E-state index in [1.807, 2.05) is 17.5 Å². The van der Waals surface area contributed by atoms with Crippen LogP contribution in [0, 0.1) is 0 Å². The standard InChI is InChI=1S/C58H34N4S2/c1-2-12-35(13-3-1)37-24-28-52-47(33-37)48-34-38(25-29-53(48)63-52)36-14-10-15-39(32-36)61-49-21-7-4-16-40(49)43-26-27-44-41-17-5-8-22-50(41)62(56(44)55(43)61)54-30-31-59-58(60-54)46-20-11-19-45-42-18-6-9-23-51(42)64-57(45)46/h1-34H. The van der Waals surface area contributed by atoms with E-state index in [1.54, 1.807) is 11.3 Å². The maximum atomic E-state index is 5.44. The van der Waals surface area contributed by atoms with E-state index in [-0.39, 0.29) is 0 Å². The Hall–Kier alpha value is -7.90. The summed E-state index contributed by atoms with van der Waals surface area (Å²) in [6, 6.07) is 72.9. The fourth-order valence-electron chi connectivity index (χ4n) is 10.1. The third kappa shape index (κ3) is 5.27. The van der Waals surface area contributed by atoms with Gasteiger partial charge in [0.15, 0.2) is 5.82 Å². The molecule has 0 atom stereocenters. The number of aromatic nitrogens is 4. The molecule has 0 saturated heterocycles.